The van der Waals surface area contributed by atoms with Crippen molar-refractivity contribution in [3.63, 3.8) is 0 Å². The molecule has 2 rings (SSSR count). The summed E-state index contributed by atoms with van der Waals surface area (Å²) in [5, 5.41) is 0. The largest absolute Gasteiger partial charge is 0.338 e. The van der Waals surface area contributed by atoms with Crippen LogP contribution in [-0.4, -0.2) is 30.2 Å². The molecule has 0 aromatic rings. The molecule has 0 aliphatic heterocycles. The maximum Gasteiger partial charge on any atom is 0.225 e. The van der Waals surface area contributed by atoms with Gasteiger partial charge in [0.1, 0.15) is 0 Å². The van der Waals surface area contributed by atoms with Gasteiger partial charge in [0, 0.05) is 18.5 Å². The molecule has 2 aliphatic rings. The topological polar surface area (TPSA) is 37.4 Å². The van der Waals surface area contributed by atoms with Crippen molar-refractivity contribution in [1.29, 1.82) is 0 Å². The molecule has 1 saturated carbocycles. The average Bonchev–Trinajstić information content (AvgIpc) is 3.01. The molecule has 0 aromatic heterocycles. The predicted octanol–water partition coefficient (Wildman–Crippen LogP) is 3.12. The van der Waals surface area contributed by atoms with Crippen molar-refractivity contribution in [2.24, 2.45) is 11.8 Å². The summed E-state index contributed by atoms with van der Waals surface area (Å²) in [6, 6.07) is 0. The molecule has 110 valence electrons. The van der Waals surface area contributed by atoms with E-state index < -0.39 is 0 Å². The summed E-state index contributed by atoms with van der Waals surface area (Å²) in [5.74, 6) is 0.739. The number of hydrogen-bond donors (Lipinski definition) is 0. The molecule has 0 spiro atoms. The number of allylic oxidation sites excluding steroid dienone is 3. The van der Waals surface area contributed by atoms with E-state index in [-0.39, 0.29) is 24.2 Å². The smallest absolute Gasteiger partial charge is 0.225 e. The van der Waals surface area contributed by atoms with Crippen LogP contribution in [0.4, 0.5) is 0 Å². The summed E-state index contributed by atoms with van der Waals surface area (Å²) in [4.78, 5) is 26.1. The Morgan fingerprint density at radius 2 is 2.00 bits per heavy atom. The third-order valence-electron chi connectivity index (χ3n) is 4.63. The van der Waals surface area contributed by atoms with Crippen LogP contribution >= 0.6 is 0 Å². The van der Waals surface area contributed by atoms with Gasteiger partial charge in [0.05, 0.1) is 6.54 Å². The van der Waals surface area contributed by atoms with Gasteiger partial charge in [0.25, 0.3) is 0 Å². The van der Waals surface area contributed by atoms with Crippen LogP contribution in [0.15, 0.2) is 23.8 Å². The number of Topliss-reactive ketones (excluding diaryl/α,β-unsaturated/α-hetero) is 1. The van der Waals surface area contributed by atoms with Crippen LogP contribution in [0, 0.1) is 11.8 Å². The van der Waals surface area contributed by atoms with Crippen molar-refractivity contribution in [2.75, 3.05) is 13.6 Å². The van der Waals surface area contributed by atoms with E-state index in [2.05, 4.69) is 0 Å². The van der Waals surface area contributed by atoms with Gasteiger partial charge in [-0.1, -0.05) is 44.4 Å². The van der Waals surface area contributed by atoms with E-state index in [1.54, 1.807) is 11.9 Å². The minimum Gasteiger partial charge on any atom is -0.338 e. The molecule has 0 radical (unpaired) electrons. The van der Waals surface area contributed by atoms with Crippen molar-refractivity contribution < 1.29 is 9.59 Å². The van der Waals surface area contributed by atoms with Gasteiger partial charge < -0.3 is 4.90 Å². The molecule has 0 heterocycles. The summed E-state index contributed by atoms with van der Waals surface area (Å²) in [7, 11) is 1.75. The fourth-order valence-electron chi connectivity index (χ4n) is 3.23. The number of likely N-dealkylation sites (N-methyl/N-ethyl adjacent to an activating group) is 1. The molecular formula is C17H25NO2. The Bertz CT molecular complexity index is 430. The number of amides is 1. The van der Waals surface area contributed by atoms with E-state index >= 15 is 0 Å². The standard InChI is InChI=1S/C17H25NO2/c1-13(14-8-4-3-5-9-14)17(20)18(2)12-16(19)15-10-6-7-11-15/h6-7,10,13-14H,3-5,8-9,11-12H2,1-2H3/t13-/m0/s1. The van der Waals surface area contributed by atoms with E-state index in [9.17, 15) is 9.59 Å². The first-order chi connectivity index (χ1) is 9.59. The lowest BCUT2D eigenvalue weighted by Gasteiger charge is -2.29. The van der Waals surface area contributed by atoms with Gasteiger partial charge in [-0.25, -0.2) is 0 Å². The Morgan fingerprint density at radius 1 is 1.30 bits per heavy atom. The Morgan fingerprint density at radius 3 is 2.60 bits per heavy atom. The van der Waals surface area contributed by atoms with E-state index in [4.69, 9.17) is 0 Å². The second-order valence-electron chi connectivity index (χ2n) is 6.13. The SMILES string of the molecule is C[C@H](C(=O)N(C)CC(=O)C1=CC=CC1)C1CCCCC1. The molecule has 1 amide bonds. The maximum absolute atomic E-state index is 12.4. The molecule has 1 atom stereocenters. The fraction of sp³-hybridized carbons (Fsp3) is 0.647. The normalized spacial score (nSPS) is 20.6. The number of rotatable bonds is 5. The van der Waals surface area contributed by atoms with Crippen molar-refractivity contribution in [3.8, 4) is 0 Å². The third kappa shape index (κ3) is 3.59. The molecule has 3 nitrogen and oxygen atoms in total. The van der Waals surface area contributed by atoms with Crippen molar-refractivity contribution in [3.05, 3.63) is 23.8 Å². The minimum atomic E-state index is 0.0452. The van der Waals surface area contributed by atoms with Gasteiger partial charge in [-0.3, -0.25) is 9.59 Å². The second-order valence-corrected chi connectivity index (χ2v) is 6.13. The molecule has 0 saturated heterocycles. The van der Waals surface area contributed by atoms with Crippen molar-refractivity contribution in [1.82, 2.24) is 4.90 Å². The monoisotopic (exact) mass is 275 g/mol. The highest BCUT2D eigenvalue weighted by Gasteiger charge is 2.28. The number of carbonyl (C=O) groups is 2. The summed E-state index contributed by atoms with van der Waals surface area (Å²) in [5.41, 5.74) is 0.815. The first-order valence-electron chi connectivity index (χ1n) is 7.73. The van der Waals surface area contributed by atoms with E-state index in [0.717, 1.165) is 18.4 Å². The quantitative estimate of drug-likeness (QED) is 0.773. The Hall–Kier alpha value is -1.38. The molecule has 2 aliphatic carbocycles. The molecule has 0 unspecified atom stereocenters. The zero-order chi connectivity index (χ0) is 14.5. The van der Waals surface area contributed by atoms with Crippen LogP contribution in [0.2, 0.25) is 0 Å². The first-order valence-corrected chi connectivity index (χ1v) is 7.73. The van der Waals surface area contributed by atoms with Crippen molar-refractivity contribution >= 4 is 11.7 Å². The van der Waals surface area contributed by atoms with Crippen LogP contribution in [-0.2, 0) is 9.59 Å². The van der Waals surface area contributed by atoms with Gasteiger partial charge in [-0.15, -0.1) is 0 Å². The summed E-state index contributed by atoms with van der Waals surface area (Å²) >= 11 is 0. The van der Waals surface area contributed by atoms with Crippen LogP contribution in [0.1, 0.15) is 45.4 Å². The van der Waals surface area contributed by atoms with Crippen LogP contribution in [0.5, 0.6) is 0 Å². The average molecular weight is 275 g/mol. The molecule has 0 bridgehead atoms. The maximum atomic E-state index is 12.4. The molecule has 20 heavy (non-hydrogen) atoms. The van der Waals surface area contributed by atoms with Crippen LogP contribution < -0.4 is 0 Å². The molecule has 0 N–H and O–H groups in total. The van der Waals surface area contributed by atoms with Gasteiger partial charge in [-0.05, 0) is 25.2 Å². The summed E-state index contributed by atoms with van der Waals surface area (Å²) in [6.45, 7) is 2.24. The summed E-state index contributed by atoms with van der Waals surface area (Å²) < 4.78 is 0. The van der Waals surface area contributed by atoms with Crippen LogP contribution in [0.25, 0.3) is 0 Å². The van der Waals surface area contributed by atoms with E-state index in [1.165, 1.54) is 19.3 Å². The Labute approximate surface area is 121 Å². The lowest BCUT2D eigenvalue weighted by atomic mass is 9.80. The van der Waals surface area contributed by atoms with Crippen LogP contribution in [0.3, 0.4) is 0 Å². The highest BCUT2D eigenvalue weighted by Crippen LogP contribution is 2.30. The molecular weight excluding hydrogens is 250 g/mol. The Balaban J connectivity index is 1.85. The second kappa shape index (κ2) is 6.87. The van der Waals surface area contributed by atoms with E-state index in [1.807, 2.05) is 25.2 Å². The van der Waals surface area contributed by atoms with Gasteiger partial charge in [-0.2, -0.15) is 0 Å². The number of carbonyl (C=O) groups excluding carboxylic acids is 2. The lowest BCUT2D eigenvalue weighted by Crippen LogP contribution is -2.39. The van der Waals surface area contributed by atoms with Crippen molar-refractivity contribution in [2.45, 2.75) is 45.4 Å². The first kappa shape index (κ1) is 15.0. The number of ketones is 1. The molecule has 1 fully saturated rings. The van der Waals surface area contributed by atoms with Gasteiger partial charge >= 0.3 is 0 Å². The predicted molar refractivity (Wildman–Crippen MR) is 80.2 cm³/mol. The highest BCUT2D eigenvalue weighted by atomic mass is 16.2. The Kier molecular flexibility index (Phi) is 5.16. The lowest BCUT2D eigenvalue weighted by molar-refractivity contribution is -0.138. The number of hydrogen-bond acceptors (Lipinski definition) is 2. The van der Waals surface area contributed by atoms with E-state index in [0.29, 0.717) is 12.3 Å². The fourth-order valence-corrected chi connectivity index (χ4v) is 3.23. The number of nitrogens with zero attached hydrogens (tertiary/aromatic N) is 1. The van der Waals surface area contributed by atoms with Gasteiger partial charge in [0.15, 0.2) is 5.78 Å². The highest BCUT2D eigenvalue weighted by molar-refractivity contribution is 5.99. The third-order valence-corrected chi connectivity index (χ3v) is 4.63. The zero-order valence-corrected chi connectivity index (χ0v) is 12.6. The van der Waals surface area contributed by atoms with Gasteiger partial charge in [0.2, 0.25) is 5.91 Å². The minimum absolute atomic E-state index is 0.0452. The summed E-state index contributed by atoms with van der Waals surface area (Å²) in [6.07, 6.45) is 12.5. The molecule has 0 aromatic carbocycles. The zero-order valence-electron chi connectivity index (χ0n) is 12.6. The molecule has 3 heteroatoms.